The van der Waals surface area contributed by atoms with Crippen molar-refractivity contribution in [2.75, 3.05) is 11.9 Å². The number of anilines is 1. The Bertz CT molecular complexity index is 503. The van der Waals surface area contributed by atoms with Gasteiger partial charge in [0, 0.05) is 9.26 Å². The summed E-state index contributed by atoms with van der Waals surface area (Å²) >= 11 is 2.15. The van der Waals surface area contributed by atoms with E-state index in [9.17, 15) is 14.7 Å². The van der Waals surface area contributed by atoms with Crippen molar-refractivity contribution < 1.29 is 19.8 Å². The van der Waals surface area contributed by atoms with Gasteiger partial charge in [-0.25, -0.2) is 9.59 Å². The molecule has 6 nitrogen and oxygen atoms in total. The first-order valence-electron chi connectivity index (χ1n) is 5.50. The number of nitrogens with one attached hydrogen (secondary N) is 2. The Morgan fingerprint density at radius 2 is 2.05 bits per heavy atom. The fourth-order valence-electron chi connectivity index (χ4n) is 1.24. The zero-order valence-corrected chi connectivity index (χ0v) is 12.7. The van der Waals surface area contributed by atoms with E-state index in [1.165, 1.54) is 0 Å². The molecule has 4 N–H and O–H groups in total. The Hall–Kier alpha value is -1.35. The number of aliphatic carboxylic acids is 1. The highest BCUT2D eigenvalue weighted by atomic mass is 127. The van der Waals surface area contributed by atoms with E-state index in [0.29, 0.717) is 5.69 Å². The number of carboxylic acid groups (broad SMARTS) is 1. The van der Waals surface area contributed by atoms with Crippen molar-refractivity contribution in [3.8, 4) is 0 Å². The van der Waals surface area contributed by atoms with Gasteiger partial charge in [0.05, 0.1) is 6.54 Å². The van der Waals surface area contributed by atoms with Crippen LogP contribution in [0, 0.1) is 10.5 Å². The van der Waals surface area contributed by atoms with Crippen LogP contribution < -0.4 is 10.6 Å². The molecule has 0 aliphatic rings. The van der Waals surface area contributed by atoms with Crippen molar-refractivity contribution >= 4 is 40.3 Å². The summed E-state index contributed by atoms with van der Waals surface area (Å²) in [5.74, 6) is -1.39. The van der Waals surface area contributed by atoms with Gasteiger partial charge < -0.3 is 20.8 Å². The minimum Gasteiger partial charge on any atom is -0.479 e. The largest absolute Gasteiger partial charge is 0.479 e. The van der Waals surface area contributed by atoms with Crippen molar-refractivity contribution in [2.24, 2.45) is 0 Å². The number of carboxylic acids is 1. The molecular formula is C12H15IN2O4. The number of rotatable bonds is 4. The van der Waals surface area contributed by atoms with Crippen LogP contribution in [0.15, 0.2) is 18.2 Å². The summed E-state index contributed by atoms with van der Waals surface area (Å²) in [7, 11) is 0. The molecule has 7 heteroatoms. The predicted octanol–water partition coefficient (Wildman–Crippen LogP) is 1.56. The minimum absolute atomic E-state index is 0.378. The lowest BCUT2D eigenvalue weighted by atomic mass is 10.1. The van der Waals surface area contributed by atoms with Crippen LogP contribution in [0.4, 0.5) is 10.5 Å². The lowest BCUT2D eigenvalue weighted by Crippen LogP contribution is -2.47. The number of urea groups is 1. The van der Waals surface area contributed by atoms with Gasteiger partial charge in [0.25, 0.3) is 0 Å². The Kier molecular flexibility index (Phi) is 5.12. The second-order valence-electron chi connectivity index (χ2n) is 4.30. The average Bonchev–Trinajstić information content (AvgIpc) is 2.32. The summed E-state index contributed by atoms with van der Waals surface area (Å²) in [4.78, 5) is 22.3. The first-order chi connectivity index (χ1) is 8.74. The van der Waals surface area contributed by atoms with E-state index in [0.717, 1.165) is 16.1 Å². The van der Waals surface area contributed by atoms with Gasteiger partial charge in [-0.15, -0.1) is 0 Å². The summed E-state index contributed by atoms with van der Waals surface area (Å²) in [5.41, 5.74) is -0.431. The van der Waals surface area contributed by atoms with Gasteiger partial charge in [-0.2, -0.15) is 0 Å². The second-order valence-corrected chi connectivity index (χ2v) is 5.46. The zero-order chi connectivity index (χ0) is 14.6. The van der Waals surface area contributed by atoms with E-state index in [1.54, 1.807) is 12.1 Å². The Morgan fingerprint density at radius 1 is 1.42 bits per heavy atom. The summed E-state index contributed by atoms with van der Waals surface area (Å²) < 4.78 is 1.01. The van der Waals surface area contributed by atoms with E-state index < -0.39 is 17.6 Å². The van der Waals surface area contributed by atoms with E-state index in [1.807, 2.05) is 13.0 Å². The first-order valence-corrected chi connectivity index (χ1v) is 6.57. The van der Waals surface area contributed by atoms with E-state index >= 15 is 0 Å². The molecule has 1 unspecified atom stereocenters. The summed E-state index contributed by atoms with van der Waals surface area (Å²) in [5, 5.41) is 23.1. The summed E-state index contributed by atoms with van der Waals surface area (Å²) in [6.07, 6.45) is 0. The number of hydrogen-bond acceptors (Lipinski definition) is 3. The van der Waals surface area contributed by atoms with Gasteiger partial charge in [0.1, 0.15) is 0 Å². The predicted molar refractivity (Wildman–Crippen MR) is 79.2 cm³/mol. The molecule has 0 saturated carbocycles. The highest BCUT2D eigenvalue weighted by molar-refractivity contribution is 14.1. The monoisotopic (exact) mass is 378 g/mol. The fraction of sp³-hybridized carbons (Fsp3) is 0.333. The van der Waals surface area contributed by atoms with Crippen LogP contribution in [0.2, 0.25) is 0 Å². The topological polar surface area (TPSA) is 98.7 Å². The molecule has 1 rings (SSSR count). The van der Waals surface area contributed by atoms with E-state index in [-0.39, 0.29) is 6.54 Å². The minimum atomic E-state index is -1.99. The van der Waals surface area contributed by atoms with Gasteiger partial charge in [-0.05, 0) is 54.1 Å². The molecule has 2 amide bonds. The lowest BCUT2D eigenvalue weighted by Gasteiger charge is -2.18. The van der Waals surface area contributed by atoms with Crippen LogP contribution in [0.25, 0.3) is 0 Å². The van der Waals surface area contributed by atoms with Crippen LogP contribution in [-0.2, 0) is 4.79 Å². The molecule has 1 aromatic carbocycles. The molecular weight excluding hydrogens is 363 g/mol. The molecule has 0 fully saturated rings. The second kappa shape index (κ2) is 6.20. The third-order valence-electron chi connectivity index (χ3n) is 2.57. The van der Waals surface area contributed by atoms with E-state index in [4.69, 9.17) is 5.11 Å². The van der Waals surface area contributed by atoms with Gasteiger partial charge in [-0.1, -0.05) is 6.07 Å². The number of carbonyl (C=O) groups excluding carboxylic acids is 1. The standard InChI is InChI=1S/C12H15IN2O4/c1-7-8(13)4-3-5-9(7)15-11(18)14-6-12(2,19)10(16)17/h3-5,19H,6H2,1-2H3,(H,16,17)(H2,14,15,18). The van der Waals surface area contributed by atoms with Crippen LogP contribution in [-0.4, -0.2) is 34.4 Å². The van der Waals surface area contributed by atoms with E-state index in [2.05, 4.69) is 33.2 Å². The highest BCUT2D eigenvalue weighted by Crippen LogP contribution is 2.20. The van der Waals surface area contributed by atoms with Crippen molar-refractivity contribution in [2.45, 2.75) is 19.4 Å². The summed E-state index contributed by atoms with van der Waals surface area (Å²) in [6, 6.07) is 4.89. The number of amides is 2. The highest BCUT2D eigenvalue weighted by Gasteiger charge is 2.30. The number of halogens is 1. The van der Waals surface area contributed by atoms with Crippen LogP contribution in [0.1, 0.15) is 12.5 Å². The summed E-state index contributed by atoms with van der Waals surface area (Å²) in [6.45, 7) is 2.61. The Labute approximate surface area is 124 Å². The third kappa shape index (κ3) is 4.35. The molecule has 19 heavy (non-hydrogen) atoms. The van der Waals surface area contributed by atoms with Gasteiger partial charge in [0.15, 0.2) is 5.60 Å². The van der Waals surface area contributed by atoms with Crippen LogP contribution in [0.5, 0.6) is 0 Å². The maximum Gasteiger partial charge on any atom is 0.337 e. The number of benzene rings is 1. The normalized spacial score (nSPS) is 13.5. The van der Waals surface area contributed by atoms with Crippen LogP contribution in [0.3, 0.4) is 0 Å². The molecule has 1 aromatic rings. The molecule has 0 heterocycles. The smallest absolute Gasteiger partial charge is 0.337 e. The lowest BCUT2D eigenvalue weighted by molar-refractivity contribution is -0.155. The SMILES string of the molecule is Cc1c(I)cccc1NC(=O)NCC(C)(O)C(=O)O. The third-order valence-corrected chi connectivity index (χ3v) is 3.74. The quantitative estimate of drug-likeness (QED) is 0.598. The maximum atomic E-state index is 11.6. The molecule has 0 spiro atoms. The Balaban J connectivity index is 2.62. The molecule has 0 radical (unpaired) electrons. The number of aliphatic hydroxyl groups is 1. The van der Waals surface area contributed by atoms with Crippen LogP contribution >= 0.6 is 22.6 Å². The van der Waals surface area contributed by atoms with Crippen molar-refractivity contribution in [3.05, 3.63) is 27.3 Å². The van der Waals surface area contributed by atoms with Crippen molar-refractivity contribution in [1.29, 1.82) is 0 Å². The number of carbonyl (C=O) groups is 2. The molecule has 104 valence electrons. The van der Waals surface area contributed by atoms with Gasteiger partial charge >= 0.3 is 12.0 Å². The van der Waals surface area contributed by atoms with Crippen molar-refractivity contribution in [1.82, 2.24) is 5.32 Å². The molecule has 1 atom stereocenters. The molecule has 0 aliphatic carbocycles. The Morgan fingerprint density at radius 3 is 2.63 bits per heavy atom. The van der Waals surface area contributed by atoms with Gasteiger partial charge in [-0.3, -0.25) is 0 Å². The zero-order valence-electron chi connectivity index (χ0n) is 10.5. The number of hydrogen-bond donors (Lipinski definition) is 4. The van der Waals surface area contributed by atoms with Crippen molar-refractivity contribution in [3.63, 3.8) is 0 Å². The maximum absolute atomic E-state index is 11.6. The molecule has 0 saturated heterocycles. The molecule has 0 aliphatic heterocycles. The fourth-order valence-corrected chi connectivity index (χ4v) is 1.74. The first kappa shape index (κ1) is 15.7. The van der Waals surface area contributed by atoms with Gasteiger partial charge in [0.2, 0.25) is 0 Å². The molecule has 0 bridgehead atoms. The average molecular weight is 378 g/mol. The molecule has 0 aromatic heterocycles.